The molecule has 0 bridgehead atoms. The lowest BCUT2D eigenvalue weighted by atomic mass is 10.2. The molecule has 0 aliphatic heterocycles. The molecule has 1 N–H and O–H groups in total. The van der Waals surface area contributed by atoms with Crippen molar-refractivity contribution >= 4 is 23.4 Å². The van der Waals surface area contributed by atoms with Gasteiger partial charge in [-0.25, -0.2) is 9.59 Å². The number of carbonyl (C=O) groups excluding carboxylic acids is 2. The fourth-order valence-electron chi connectivity index (χ4n) is 1.65. The van der Waals surface area contributed by atoms with E-state index in [-0.39, 0.29) is 19.1 Å². The van der Waals surface area contributed by atoms with E-state index < -0.39 is 6.09 Å². The molecule has 0 atom stereocenters. The lowest BCUT2D eigenvalue weighted by molar-refractivity contribution is 0.0606. The van der Waals surface area contributed by atoms with Crippen LogP contribution >= 0.6 is 11.3 Å². The second-order valence-electron chi connectivity index (χ2n) is 4.41. The number of thiophene rings is 1. The molecule has 0 saturated heterocycles. The van der Waals surface area contributed by atoms with E-state index in [2.05, 4.69) is 21.9 Å². The number of amides is 1. The van der Waals surface area contributed by atoms with Crippen LogP contribution in [0.2, 0.25) is 0 Å². The number of esters is 1. The Hall–Kier alpha value is -2.78. The van der Waals surface area contributed by atoms with Gasteiger partial charge in [-0.1, -0.05) is 42.2 Å². The first-order valence-corrected chi connectivity index (χ1v) is 7.67. The molecular formula is C17H15NO4S. The highest BCUT2D eigenvalue weighted by Gasteiger charge is 2.07. The van der Waals surface area contributed by atoms with E-state index in [9.17, 15) is 9.59 Å². The van der Waals surface area contributed by atoms with Crippen molar-refractivity contribution in [3.8, 4) is 11.8 Å². The standard InChI is InChI=1S/C17H15NO4S/c1-21-16(19)15-10-14(12-23-15)8-5-9-18-17(20)22-11-13-6-3-2-4-7-13/h2-4,6-7,10,12H,9,11H2,1H3,(H,18,20). The zero-order valence-electron chi connectivity index (χ0n) is 12.5. The highest BCUT2D eigenvalue weighted by molar-refractivity contribution is 7.12. The molecule has 0 saturated carbocycles. The Labute approximate surface area is 138 Å². The van der Waals surface area contributed by atoms with E-state index in [4.69, 9.17) is 4.74 Å². The van der Waals surface area contributed by atoms with Crippen LogP contribution in [0.5, 0.6) is 0 Å². The molecule has 1 aromatic carbocycles. The van der Waals surface area contributed by atoms with Gasteiger partial charge in [0.05, 0.1) is 13.7 Å². The predicted octanol–water partition coefficient (Wildman–Crippen LogP) is 2.81. The summed E-state index contributed by atoms with van der Waals surface area (Å²) >= 11 is 1.26. The number of hydrogen-bond acceptors (Lipinski definition) is 5. The van der Waals surface area contributed by atoms with Gasteiger partial charge in [0.15, 0.2) is 0 Å². The third-order valence-corrected chi connectivity index (χ3v) is 3.66. The quantitative estimate of drug-likeness (QED) is 0.692. The van der Waals surface area contributed by atoms with Crippen molar-refractivity contribution in [3.63, 3.8) is 0 Å². The van der Waals surface area contributed by atoms with Crippen LogP contribution in [0.4, 0.5) is 4.79 Å². The Morgan fingerprint density at radius 3 is 2.78 bits per heavy atom. The largest absolute Gasteiger partial charge is 0.465 e. The van der Waals surface area contributed by atoms with Gasteiger partial charge in [-0.3, -0.25) is 0 Å². The minimum Gasteiger partial charge on any atom is -0.465 e. The van der Waals surface area contributed by atoms with Crippen LogP contribution in [-0.2, 0) is 16.1 Å². The first-order valence-electron chi connectivity index (χ1n) is 6.79. The van der Waals surface area contributed by atoms with Crippen molar-refractivity contribution < 1.29 is 19.1 Å². The Bertz CT molecular complexity index is 728. The first kappa shape index (κ1) is 16.6. The first-order chi connectivity index (χ1) is 11.2. The maximum atomic E-state index is 11.5. The van der Waals surface area contributed by atoms with Gasteiger partial charge in [0.1, 0.15) is 11.5 Å². The summed E-state index contributed by atoms with van der Waals surface area (Å²) in [6, 6.07) is 11.1. The molecule has 2 rings (SSSR count). The molecule has 0 aliphatic carbocycles. The summed E-state index contributed by atoms with van der Waals surface area (Å²) in [5.41, 5.74) is 1.62. The van der Waals surface area contributed by atoms with E-state index in [0.717, 1.165) is 5.56 Å². The van der Waals surface area contributed by atoms with Crippen LogP contribution in [0, 0.1) is 11.8 Å². The van der Waals surface area contributed by atoms with E-state index in [1.165, 1.54) is 18.4 Å². The second kappa shape index (κ2) is 8.61. The van der Waals surface area contributed by atoms with Crippen LogP contribution < -0.4 is 5.32 Å². The lowest BCUT2D eigenvalue weighted by Crippen LogP contribution is -2.24. The molecule has 1 amide bonds. The van der Waals surface area contributed by atoms with Crippen molar-refractivity contribution in [1.82, 2.24) is 5.32 Å². The minimum absolute atomic E-state index is 0.164. The summed E-state index contributed by atoms with van der Waals surface area (Å²) in [7, 11) is 1.33. The average Bonchev–Trinajstić information content (AvgIpc) is 3.06. The smallest absolute Gasteiger partial charge is 0.408 e. The summed E-state index contributed by atoms with van der Waals surface area (Å²) in [5, 5.41) is 4.30. The van der Waals surface area contributed by atoms with E-state index in [1.54, 1.807) is 11.4 Å². The zero-order valence-corrected chi connectivity index (χ0v) is 13.3. The van der Waals surface area contributed by atoms with Gasteiger partial charge < -0.3 is 14.8 Å². The van der Waals surface area contributed by atoms with Gasteiger partial charge in [-0.05, 0) is 11.6 Å². The molecule has 0 aliphatic rings. The Balaban J connectivity index is 1.73. The van der Waals surface area contributed by atoms with Crippen LogP contribution in [0.3, 0.4) is 0 Å². The second-order valence-corrected chi connectivity index (χ2v) is 5.32. The van der Waals surface area contributed by atoms with Gasteiger partial charge in [0, 0.05) is 10.9 Å². The number of nitrogens with one attached hydrogen (secondary N) is 1. The molecular weight excluding hydrogens is 314 g/mol. The average molecular weight is 329 g/mol. The Kier molecular flexibility index (Phi) is 6.21. The number of methoxy groups -OCH3 is 1. The topological polar surface area (TPSA) is 64.6 Å². The zero-order chi connectivity index (χ0) is 16.5. The molecule has 23 heavy (non-hydrogen) atoms. The highest BCUT2D eigenvalue weighted by Crippen LogP contribution is 2.14. The monoisotopic (exact) mass is 329 g/mol. The predicted molar refractivity (Wildman–Crippen MR) is 87.2 cm³/mol. The van der Waals surface area contributed by atoms with Crippen molar-refractivity contribution in [1.29, 1.82) is 0 Å². The molecule has 1 aromatic heterocycles. The van der Waals surface area contributed by atoms with E-state index in [0.29, 0.717) is 10.4 Å². The van der Waals surface area contributed by atoms with Crippen LogP contribution in [0.15, 0.2) is 41.8 Å². The third kappa shape index (κ3) is 5.49. The maximum Gasteiger partial charge on any atom is 0.408 e. The van der Waals surface area contributed by atoms with Gasteiger partial charge in [0.2, 0.25) is 0 Å². The van der Waals surface area contributed by atoms with Crippen molar-refractivity contribution in [3.05, 3.63) is 57.8 Å². The number of carbonyl (C=O) groups is 2. The van der Waals surface area contributed by atoms with Gasteiger partial charge in [-0.2, -0.15) is 0 Å². The molecule has 5 nitrogen and oxygen atoms in total. The third-order valence-electron chi connectivity index (χ3n) is 2.75. The molecule has 118 valence electrons. The summed E-state index contributed by atoms with van der Waals surface area (Å²) in [6.45, 7) is 0.379. The number of hydrogen-bond donors (Lipinski definition) is 1. The number of ether oxygens (including phenoxy) is 2. The fourth-order valence-corrected chi connectivity index (χ4v) is 2.40. The van der Waals surface area contributed by atoms with Crippen molar-refractivity contribution in [2.45, 2.75) is 6.61 Å². The van der Waals surface area contributed by atoms with Crippen LogP contribution in [0.25, 0.3) is 0 Å². The van der Waals surface area contributed by atoms with Crippen LogP contribution in [-0.4, -0.2) is 25.7 Å². The Morgan fingerprint density at radius 1 is 1.26 bits per heavy atom. The number of rotatable bonds is 4. The van der Waals surface area contributed by atoms with Gasteiger partial charge in [0.25, 0.3) is 0 Å². The molecule has 0 radical (unpaired) electrons. The SMILES string of the molecule is COC(=O)c1cc(C#CCNC(=O)OCc2ccccc2)cs1. The molecule has 6 heteroatoms. The lowest BCUT2D eigenvalue weighted by Gasteiger charge is -2.04. The van der Waals surface area contributed by atoms with Crippen molar-refractivity contribution in [2.75, 3.05) is 13.7 Å². The summed E-state index contributed by atoms with van der Waals surface area (Å²) < 4.78 is 9.67. The molecule has 2 aromatic rings. The Morgan fingerprint density at radius 2 is 2.04 bits per heavy atom. The minimum atomic E-state index is -0.524. The number of alkyl carbamates (subject to hydrolysis) is 1. The maximum absolute atomic E-state index is 11.5. The highest BCUT2D eigenvalue weighted by atomic mass is 32.1. The molecule has 0 unspecified atom stereocenters. The normalized spacial score (nSPS) is 9.43. The molecule has 1 heterocycles. The molecule has 0 spiro atoms. The van der Waals surface area contributed by atoms with Gasteiger partial charge >= 0.3 is 12.1 Å². The van der Waals surface area contributed by atoms with E-state index >= 15 is 0 Å². The summed E-state index contributed by atoms with van der Waals surface area (Å²) in [5.74, 6) is 5.27. The molecule has 0 fully saturated rings. The van der Waals surface area contributed by atoms with Crippen LogP contribution in [0.1, 0.15) is 20.8 Å². The summed E-state index contributed by atoms with van der Waals surface area (Å²) in [4.78, 5) is 23.3. The fraction of sp³-hybridized carbons (Fsp3) is 0.176. The summed E-state index contributed by atoms with van der Waals surface area (Å²) in [6.07, 6.45) is -0.524. The van der Waals surface area contributed by atoms with Crippen molar-refractivity contribution in [2.24, 2.45) is 0 Å². The van der Waals surface area contributed by atoms with E-state index in [1.807, 2.05) is 30.3 Å². The van der Waals surface area contributed by atoms with Gasteiger partial charge in [-0.15, -0.1) is 11.3 Å². The number of benzene rings is 1.